The molecule has 0 amide bonds. The minimum atomic E-state index is -0.211. The molecule has 0 spiro atoms. The molecular formula is C24H36FN7. The van der Waals surface area contributed by atoms with Crippen molar-refractivity contribution in [2.45, 2.75) is 45.3 Å². The second-order valence-corrected chi connectivity index (χ2v) is 7.29. The van der Waals surface area contributed by atoms with Gasteiger partial charge in [0, 0.05) is 48.9 Å². The molecule has 8 heteroatoms. The van der Waals surface area contributed by atoms with Gasteiger partial charge in [0.25, 0.3) is 0 Å². The van der Waals surface area contributed by atoms with E-state index in [1.165, 1.54) is 18.9 Å². The number of benzene rings is 1. The maximum absolute atomic E-state index is 13.8. The Labute approximate surface area is 191 Å². The van der Waals surface area contributed by atoms with Gasteiger partial charge in [-0.2, -0.15) is 0 Å². The van der Waals surface area contributed by atoms with Crippen LogP contribution in [0, 0.1) is 5.82 Å². The fourth-order valence-corrected chi connectivity index (χ4v) is 3.83. The molecule has 2 aliphatic rings. The number of halogens is 1. The van der Waals surface area contributed by atoms with Crippen LogP contribution in [-0.4, -0.2) is 42.3 Å². The lowest BCUT2D eigenvalue weighted by Crippen LogP contribution is -2.35. The van der Waals surface area contributed by atoms with Crippen LogP contribution in [0.25, 0.3) is 0 Å². The van der Waals surface area contributed by atoms with E-state index < -0.39 is 0 Å². The summed E-state index contributed by atoms with van der Waals surface area (Å²) in [5.41, 5.74) is 15.8. The monoisotopic (exact) mass is 441 g/mol. The van der Waals surface area contributed by atoms with E-state index in [0.717, 1.165) is 24.5 Å². The Bertz CT molecular complexity index is 858. The van der Waals surface area contributed by atoms with Crippen LogP contribution in [0.2, 0.25) is 0 Å². The molecule has 2 atom stereocenters. The van der Waals surface area contributed by atoms with Crippen molar-refractivity contribution in [3.05, 3.63) is 71.9 Å². The Morgan fingerprint density at radius 2 is 2.06 bits per heavy atom. The predicted molar refractivity (Wildman–Crippen MR) is 131 cm³/mol. The second-order valence-electron chi connectivity index (χ2n) is 7.29. The van der Waals surface area contributed by atoms with Crippen LogP contribution in [0.5, 0.6) is 0 Å². The van der Waals surface area contributed by atoms with Gasteiger partial charge in [-0.15, -0.1) is 0 Å². The number of anilines is 1. The van der Waals surface area contributed by atoms with Gasteiger partial charge in [-0.25, -0.2) is 14.8 Å². The van der Waals surface area contributed by atoms with Gasteiger partial charge in [0.05, 0.1) is 19.1 Å². The molecular weight excluding hydrogens is 405 g/mol. The molecule has 1 aromatic heterocycles. The van der Waals surface area contributed by atoms with Crippen molar-refractivity contribution in [3.8, 4) is 0 Å². The summed E-state index contributed by atoms with van der Waals surface area (Å²) in [7, 11) is 0. The first-order valence-electron chi connectivity index (χ1n) is 11.2. The van der Waals surface area contributed by atoms with E-state index in [0.29, 0.717) is 24.7 Å². The molecule has 5 N–H and O–H groups in total. The number of pyridine rings is 1. The Kier molecular flexibility index (Phi) is 10.6. The second kappa shape index (κ2) is 13.4. The average Bonchev–Trinajstić information content (AvgIpc) is 3.42. The highest BCUT2D eigenvalue weighted by Gasteiger charge is 2.29. The summed E-state index contributed by atoms with van der Waals surface area (Å²) >= 11 is 0. The van der Waals surface area contributed by atoms with Crippen molar-refractivity contribution in [1.29, 1.82) is 0 Å². The number of fused-ring (bicyclic) bond motifs is 1. The normalized spacial score (nSPS) is 19.1. The van der Waals surface area contributed by atoms with E-state index in [2.05, 4.69) is 27.0 Å². The third-order valence-corrected chi connectivity index (χ3v) is 5.33. The lowest BCUT2D eigenvalue weighted by Gasteiger charge is -2.20. The fourth-order valence-electron chi connectivity index (χ4n) is 3.83. The summed E-state index contributed by atoms with van der Waals surface area (Å²) in [6.07, 6.45) is 7.68. The number of rotatable bonds is 6. The van der Waals surface area contributed by atoms with Gasteiger partial charge in [-0.1, -0.05) is 38.1 Å². The standard InChI is InChI=1S/C15H15FN4.C7H15N3.C2H6/c1-17-9-14-12-6-4-8-18-15(12)20(19-14)10-11-5-2-3-7-13(11)16;8-3-5-10-4-1-2-7(10)6-9;1-2/h2-8,14,19H,1,9-10H2;3,5,7H,1-2,4,6,8-9H2;1-2H3/b;5-3+;. The zero-order chi connectivity index (χ0) is 23.3. The average molecular weight is 442 g/mol. The van der Waals surface area contributed by atoms with Crippen LogP contribution in [-0.2, 0) is 6.54 Å². The van der Waals surface area contributed by atoms with Crippen molar-refractivity contribution < 1.29 is 4.39 Å². The van der Waals surface area contributed by atoms with Gasteiger partial charge < -0.3 is 16.4 Å². The molecule has 2 aromatic rings. The zero-order valence-corrected chi connectivity index (χ0v) is 19.1. The minimum absolute atomic E-state index is 0.0444. The summed E-state index contributed by atoms with van der Waals surface area (Å²) in [5.74, 6) is 0.612. The van der Waals surface area contributed by atoms with Crippen LogP contribution in [0.1, 0.15) is 43.9 Å². The SMILES string of the molecule is C=NCC1NN(Cc2ccccc2F)c2ncccc21.CC.N/C=C/N1CCCC1CN. The Morgan fingerprint density at radius 1 is 1.28 bits per heavy atom. The maximum Gasteiger partial charge on any atom is 0.147 e. The number of likely N-dealkylation sites (tertiary alicyclic amines) is 1. The number of aliphatic imine (C=N–C) groups is 1. The third kappa shape index (κ3) is 6.51. The van der Waals surface area contributed by atoms with Crippen molar-refractivity contribution in [3.63, 3.8) is 0 Å². The van der Waals surface area contributed by atoms with E-state index in [1.54, 1.807) is 24.5 Å². The van der Waals surface area contributed by atoms with Crippen LogP contribution >= 0.6 is 0 Å². The molecule has 32 heavy (non-hydrogen) atoms. The first-order chi connectivity index (χ1) is 15.7. The zero-order valence-electron chi connectivity index (χ0n) is 19.1. The molecule has 0 bridgehead atoms. The largest absolute Gasteiger partial charge is 0.403 e. The summed E-state index contributed by atoms with van der Waals surface area (Å²) in [6.45, 7) is 10.4. The molecule has 3 heterocycles. The van der Waals surface area contributed by atoms with Gasteiger partial charge in [0.2, 0.25) is 0 Å². The molecule has 0 radical (unpaired) electrons. The van der Waals surface area contributed by atoms with Crippen molar-refractivity contribution in [2.24, 2.45) is 16.5 Å². The molecule has 1 saturated heterocycles. The smallest absolute Gasteiger partial charge is 0.147 e. The van der Waals surface area contributed by atoms with E-state index >= 15 is 0 Å². The highest BCUT2D eigenvalue weighted by molar-refractivity contribution is 5.52. The van der Waals surface area contributed by atoms with Gasteiger partial charge in [0.15, 0.2) is 0 Å². The topological polar surface area (TPSA) is 95.8 Å². The van der Waals surface area contributed by atoms with Crippen LogP contribution < -0.4 is 21.9 Å². The van der Waals surface area contributed by atoms with Crippen molar-refractivity contribution >= 4 is 12.5 Å². The Morgan fingerprint density at radius 3 is 2.75 bits per heavy atom. The van der Waals surface area contributed by atoms with Gasteiger partial charge in [-0.3, -0.25) is 10.0 Å². The van der Waals surface area contributed by atoms with Gasteiger partial charge in [-0.05, 0) is 31.7 Å². The van der Waals surface area contributed by atoms with Crippen LogP contribution in [0.15, 0.2) is 60.0 Å². The number of hydrogen-bond donors (Lipinski definition) is 3. The number of nitrogens with two attached hydrogens (primary N) is 2. The summed E-state index contributed by atoms with van der Waals surface area (Å²) in [4.78, 5) is 10.5. The summed E-state index contributed by atoms with van der Waals surface area (Å²) in [6, 6.07) is 11.2. The fraction of sp³-hybridized carbons (Fsp3) is 0.417. The first kappa shape index (κ1) is 25.3. The molecule has 1 fully saturated rings. The number of aromatic nitrogens is 1. The lowest BCUT2D eigenvalue weighted by molar-refractivity contribution is 0.355. The van der Waals surface area contributed by atoms with Crippen molar-refractivity contribution in [2.75, 3.05) is 24.6 Å². The number of nitrogens with one attached hydrogen (secondary N) is 1. The Balaban J connectivity index is 0.000000255. The quantitative estimate of drug-likeness (QED) is 0.595. The van der Waals surface area contributed by atoms with Crippen LogP contribution in [0.3, 0.4) is 0 Å². The van der Waals surface area contributed by atoms with Crippen molar-refractivity contribution in [1.82, 2.24) is 15.3 Å². The maximum atomic E-state index is 13.8. The first-order valence-corrected chi connectivity index (χ1v) is 11.2. The number of nitrogens with zero attached hydrogens (tertiary/aromatic N) is 4. The lowest BCUT2D eigenvalue weighted by atomic mass is 10.1. The summed E-state index contributed by atoms with van der Waals surface area (Å²) < 4.78 is 13.8. The molecule has 0 aliphatic carbocycles. The van der Waals surface area contributed by atoms with E-state index in [4.69, 9.17) is 11.5 Å². The third-order valence-electron chi connectivity index (χ3n) is 5.33. The van der Waals surface area contributed by atoms with Gasteiger partial charge in [0.1, 0.15) is 11.6 Å². The predicted octanol–water partition coefficient (Wildman–Crippen LogP) is 3.35. The molecule has 7 nitrogen and oxygen atoms in total. The van der Waals surface area contributed by atoms with E-state index in [-0.39, 0.29) is 11.9 Å². The number of hydrazine groups is 1. The molecule has 1 aromatic carbocycles. The Hall–Kier alpha value is -2.97. The molecule has 2 aliphatic heterocycles. The van der Waals surface area contributed by atoms with E-state index in [1.807, 2.05) is 43.3 Å². The van der Waals surface area contributed by atoms with E-state index in [9.17, 15) is 4.39 Å². The van der Waals surface area contributed by atoms with Crippen LogP contribution in [0.4, 0.5) is 10.2 Å². The molecule has 174 valence electrons. The minimum Gasteiger partial charge on any atom is -0.403 e. The highest BCUT2D eigenvalue weighted by atomic mass is 19.1. The molecule has 0 saturated carbocycles. The molecule has 2 unspecified atom stereocenters. The highest BCUT2D eigenvalue weighted by Crippen LogP contribution is 2.31. The number of hydrogen-bond acceptors (Lipinski definition) is 7. The van der Waals surface area contributed by atoms with Gasteiger partial charge >= 0.3 is 0 Å². The summed E-state index contributed by atoms with van der Waals surface area (Å²) in [5, 5.41) is 1.86. The molecule has 4 rings (SSSR count).